The normalized spacial score (nSPS) is 16.7. The average Bonchev–Trinajstić information content (AvgIpc) is 2.14. The highest BCUT2D eigenvalue weighted by Gasteiger charge is 2.40. The Balaban J connectivity index is 4.63. The monoisotopic (exact) mass is 342 g/mol. The van der Waals surface area contributed by atoms with Crippen LogP contribution in [0, 0.1) is 0 Å². The van der Waals surface area contributed by atoms with Gasteiger partial charge in [0.25, 0.3) is 0 Å². The summed E-state index contributed by atoms with van der Waals surface area (Å²) >= 11 is 3.81. The van der Waals surface area contributed by atoms with Gasteiger partial charge in [-0.1, -0.05) is 6.92 Å². The fourth-order valence-corrected chi connectivity index (χ4v) is 20.9. The molecule has 18 heavy (non-hydrogen) atoms. The van der Waals surface area contributed by atoms with Gasteiger partial charge in [0.05, 0.1) is 0 Å². The van der Waals surface area contributed by atoms with E-state index in [4.69, 9.17) is 8.23 Å². The molecule has 0 rings (SSSR count). The molecule has 0 amide bonds. The molecule has 0 aromatic carbocycles. The SMILES string of the molecule is CC[Si](C)(CSC)O[Si](C)(C)O[Si](C)(C)CSC. The van der Waals surface area contributed by atoms with Crippen LogP contribution in [0.25, 0.3) is 0 Å². The van der Waals surface area contributed by atoms with E-state index in [9.17, 15) is 0 Å². The Bertz CT molecular complexity index is 252. The van der Waals surface area contributed by atoms with Crippen molar-refractivity contribution in [2.24, 2.45) is 0 Å². The van der Waals surface area contributed by atoms with Gasteiger partial charge in [-0.2, -0.15) is 23.5 Å². The van der Waals surface area contributed by atoms with E-state index in [2.05, 4.69) is 52.2 Å². The zero-order valence-corrected chi connectivity index (χ0v) is 17.9. The molecule has 0 aromatic heterocycles. The Hall–Kier alpha value is 1.27. The van der Waals surface area contributed by atoms with Gasteiger partial charge in [0.2, 0.25) is 0 Å². The van der Waals surface area contributed by atoms with Crippen LogP contribution in [0.2, 0.25) is 38.8 Å². The number of hydrogen-bond donors (Lipinski definition) is 0. The van der Waals surface area contributed by atoms with Gasteiger partial charge in [0, 0.05) is 10.8 Å². The highest BCUT2D eigenvalue weighted by Crippen LogP contribution is 2.25. The molecule has 0 spiro atoms. The molecule has 0 heterocycles. The lowest BCUT2D eigenvalue weighted by Crippen LogP contribution is -2.55. The zero-order chi connectivity index (χ0) is 14.4. The molecule has 110 valence electrons. The van der Waals surface area contributed by atoms with E-state index in [1.165, 1.54) is 11.4 Å². The van der Waals surface area contributed by atoms with Crippen molar-refractivity contribution in [1.82, 2.24) is 0 Å². The van der Waals surface area contributed by atoms with Crippen LogP contribution in [0.4, 0.5) is 0 Å². The zero-order valence-electron chi connectivity index (χ0n) is 13.3. The summed E-state index contributed by atoms with van der Waals surface area (Å²) in [6, 6.07) is 1.18. The van der Waals surface area contributed by atoms with Crippen molar-refractivity contribution in [3.63, 3.8) is 0 Å². The third-order valence-corrected chi connectivity index (χ3v) is 19.8. The number of thioether (sulfide) groups is 2. The Morgan fingerprint density at radius 1 is 0.833 bits per heavy atom. The standard InChI is InChI=1S/C11H30O2S2Si3/c1-9-18(8,11-15-3)13-17(6,7)12-16(4,5)10-14-2/h9-11H2,1-8H3. The van der Waals surface area contributed by atoms with E-state index in [1.807, 2.05) is 23.5 Å². The fourth-order valence-electron chi connectivity index (χ4n) is 2.17. The summed E-state index contributed by atoms with van der Waals surface area (Å²) in [6.45, 7) is 13.7. The van der Waals surface area contributed by atoms with E-state index in [1.54, 1.807) is 0 Å². The first-order chi connectivity index (χ1) is 8.10. The van der Waals surface area contributed by atoms with Crippen LogP contribution in [0.15, 0.2) is 0 Å². The molecule has 0 N–H and O–H groups in total. The highest BCUT2D eigenvalue weighted by molar-refractivity contribution is 8.00. The second-order valence-electron chi connectivity index (χ2n) is 6.03. The quantitative estimate of drug-likeness (QED) is 0.580. The summed E-state index contributed by atoms with van der Waals surface area (Å²) in [4.78, 5) is 0. The summed E-state index contributed by atoms with van der Waals surface area (Å²) in [6.07, 6.45) is 4.33. The van der Waals surface area contributed by atoms with Crippen LogP contribution in [0.5, 0.6) is 0 Å². The predicted octanol–water partition coefficient (Wildman–Crippen LogP) is 4.33. The Morgan fingerprint density at radius 3 is 1.72 bits per heavy atom. The third-order valence-electron chi connectivity index (χ3n) is 2.70. The molecule has 0 aliphatic rings. The van der Waals surface area contributed by atoms with E-state index in [0.29, 0.717) is 0 Å². The first-order valence-electron chi connectivity index (χ1n) is 6.48. The average molecular weight is 343 g/mol. The minimum absolute atomic E-state index is 1.15. The molecule has 0 radical (unpaired) electrons. The Labute approximate surface area is 125 Å². The van der Waals surface area contributed by atoms with Gasteiger partial charge in [0.1, 0.15) is 0 Å². The fraction of sp³-hybridized carbons (Fsp3) is 1.00. The molecule has 0 saturated carbocycles. The van der Waals surface area contributed by atoms with Crippen LogP contribution in [0.1, 0.15) is 6.92 Å². The van der Waals surface area contributed by atoms with E-state index in [0.717, 1.165) is 5.38 Å². The number of hydrogen-bond acceptors (Lipinski definition) is 4. The summed E-state index contributed by atoms with van der Waals surface area (Å²) in [5.41, 5.74) is 0. The van der Waals surface area contributed by atoms with Crippen LogP contribution in [0.3, 0.4) is 0 Å². The largest absolute Gasteiger partial charge is 0.436 e. The Morgan fingerprint density at radius 2 is 1.33 bits per heavy atom. The molecule has 7 heteroatoms. The Kier molecular flexibility index (Phi) is 8.45. The van der Waals surface area contributed by atoms with Crippen molar-refractivity contribution in [2.45, 2.75) is 45.7 Å². The molecule has 0 fully saturated rings. The molecule has 0 aliphatic heterocycles. The maximum absolute atomic E-state index is 6.56. The topological polar surface area (TPSA) is 18.5 Å². The molecule has 2 nitrogen and oxygen atoms in total. The van der Waals surface area contributed by atoms with Crippen molar-refractivity contribution in [2.75, 3.05) is 23.3 Å². The third kappa shape index (κ3) is 7.76. The molecule has 0 bridgehead atoms. The van der Waals surface area contributed by atoms with Crippen molar-refractivity contribution >= 4 is 48.7 Å². The van der Waals surface area contributed by atoms with Gasteiger partial charge in [-0.25, -0.2) is 0 Å². The minimum atomic E-state index is -1.97. The summed E-state index contributed by atoms with van der Waals surface area (Å²) in [7, 11) is -5.10. The molecule has 1 unspecified atom stereocenters. The first-order valence-corrected chi connectivity index (χ1v) is 18.0. The second-order valence-corrected chi connectivity index (χ2v) is 21.1. The summed E-state index contributed by atoms with van der Waals surface area (Å²) in [5, 5.41) is 2.33. The van der Waals surface area contributed by atoms with E-state index < -0.39 is 25.2 Å². The number of rotatable bonds is 9. The van der Waals surface area contributed by atoms with Crippen molar-refractivity contribution < 1.29 is 8.23 Å². The van der Waals surface area contributed by atoms with Crippen LogP contribution >= 0.6 is 23.5 Å². The second kappa shape index (κ2) is 7.90. The van der Waals surface area contributed by atoms with Gasteiger partial charge in [-0.05, 0) is 51.3 Å². The van der Waals surface area contributed by atoms with Gasteiger partial charge in [-0.3, -0.25) is 0 Å². The minimum Gasteiger partial charge on any atom is -0.436 e. The van der Waals surface area contributed by atoms with Crippen LogP contribution in [-0.2, 0) is 8.23 Å². The van der Waals surface area contributed by atoms with Crippen molar-refractivity contribution in [1.29, 1.82) is 0 Å². The maximum atomic E-state index is 6.56. The lowest BCUT2D eigenvalue weighted by molar-refractivity contribution is 0.392. The van der Waals surface area contributed by atoms with E-state index in [-0.39, 0.29) is 0 Å². The molecular weight excluding hydrogens is 313 g/mol. The lowest BCUT2D eigenvalue weighted by atomic mass is 11.0. The van der Waals surface area contributed by atoms with Gasteiger partial charge in [-0.15, -0.1) is 0 Å². The van der Waals surface area contributed by atoms with Gasteiger partial charge in [0.15, 0.2) is 16.6 Å². The van der Waals surface area contributed by atoms with Crippen LogP contribution < -0.4 is 0 Å². The van der Waals surface area contributed by atoms with Crippen molar-refractivity contribution in [3.05, 3.63) is 0 Å². The van der Waals surface area contributed by atoms with Gasteiger partial charge >= 0.3 is 8.56 Å². The van der Waals surface area contributed by atoms with Crippen LogP contribution in [-0.4, -0.2) is 48.5 Å². The highest BCUT2D eigenvalue weighted by atomic mass is 32.2. The predicted molar refractivity (Wildman–Crippen MR) is 96.0 cm³/mol. The molecule has 0 aliphatic carbocycles. The molecular formula is C11H30O2S2Si3. The molecule has 0 saturated heterocycles. The summed E-state index contributed by atoms with van der Waals surface area (Å²) < 4.78 is 13.0. The summed E-state index contributed by atoms with van der Waals surface area (Å²) in [5.74, 6) is 0. The maximum Gasteiger partial charge on any atom is 0.311 e. The first kappa shape index (κ1) is 19.3. The van der Waals surface area contributed by atoms with Gasteiger partial charge < -0.3 is 8.23 Å². The smallest absolute Gasteiger partial charge is 0.311 e. The van der Waals surface area contributed by atoms with Crippen molar-refractivity contribution in [3.8, 4) is 0 Å². The van der Waals surface area contributed by atoms with E-state index >= 15 is 0 Å². The molecule has 0 aromatic rings. The molecule has 1 atom stereocenters. The lowest BCUT2D eigenvalue weighted by Gasteiger charge is -2.39.